The summed E-state index contributed by atoms with van der Waals surface area (Å²) >= 11 is 0. The van der Waals surface area contributed by atoms with Crippen molar-refractivity contribution in [1.29, 1.82) is 0 Å². The third-order valence-corrected chi connectivity index (χ3v) is 4.45. The van der Waals surface area contributed by atoms with Crippen molar-refractivity contribution in [3.8, 4) is 0 Å². The van der Waals surface area contributed by atoms with Crippen molar-refractivity contribution in [3.63, 3.8) is 0 Å². The summed E-state index contributed by atoms with van der Waals surface area (Å²) in [6.07, 6.45) is 7.16. The van der Waals surface area contributed by atoms with Gasteiger partial charge in [-0.05, 0) is 45.7 Å². The highest BCUT2D eigenvalue weighted by atomic mass is 127. The monoisotopic (exact) mass is 410 g/mol. The predicted octanol–water partition coefficient (Wildman–Crippen LogP) is 1.94. The summed E-state index contributed by atoms with van der Waals surface area (Å²) in [6, 6.07) is 0.749. The first-order valence-electron chi connectivity index (χ1n) is 7.88. The highest BCUT2D eigenvalue weighted by Gasteiger charge is 2.29. The van der Waals surface area contributed by atoms with Crippen LogP contribution in [0.3, 0.4) is 0 Å². The number of piperidine rings is 1. The molecule has 2 aliphatic rings. The number of rotatable bonds is 5. The topological polar surface area (TPSA) is 58.6 Å². The van der Waals surface area contributed by atoms with Crippen LogP contribution in [0, 0.1) is 5.92 Å². The summed E-state index contributed by atoms with van der Waals surface area (Å²) in [5, 5.41) is 2.69. The Balaban J connectivity index is 0.00000220. The number of halogens is 1. The third kappa shape index (κ3) is 5.73. The van der Waals surface area contributed by atoms with Crippen LogP contribution in [0.2, 0.25) is 0 Å². The molecule has 0 radical (unpaired) electrons. The van der Waals surface area contributed by atoms with Crippen molar-refractivity contribution in [2.75, 3.05) is 26.2 Å². The molecule has 1 amide bonds. The molecule has 2 rings (SSSR count). The van der Waals surface area contributed by atoms with Crippen LogP contribution in [0.4, 0.5) is 0 Å². The molecule has 1 saturated carbocycles. The molecule has 0 atom stereocenters. The largest absolute Gasteiger partial charge is 0.465 e. The van der Waals surface area contributed by atoms with Crippen LogP contribution in [-0.4, -0.2) is 49.1 Å². The first kappa shape index (κ1) is 18.7. The Bertz CT molecular complexity index is 338. The van der Waals surface area contributed by atoms with E-state index in [2.05, 4.69) is 10.2 Å². The predicted molar refractivity (Wildman–Crippen MR) is 91.6 cm³/mol. The Kier molecular flexibility index (Phi) is 8.55. The maximum atomic E-state index is 12.0. The molecule has 6 heteroatoms. The van der Waals surface area contributed by atoms with E-state index in [1.165, 1.54) is 25.7 Å². The highest BCUT2D eigenvalue weighted by Crippen LogP contribution is 2.27. The SMILES string of the molecule is CCOC(=O)CNC(=O)C1CCN(C2CCCC2)CC1.I. The van der Waals surface area contributed by atoms with Crippen molar-refractivity contribution in [2.45, 2.75) is 51.5 Å². The second kappa shape index (κ2) is 9.61. The maximum Gasteiger partial charge on any atom is 0.325 e. The number of nitrogens with zero attached hydrogens (tertiary/aromatic N) is 1. The van der Waals surface area contributed by atoms with E-state index in [9.17, 15) is 9.59 Å². The summed E-state index contributed by atoms with van der Waals surface area (Å²) in [7, 11) is 0. The van der Waals surface area contributed by atoms with E-state index in [-0.39, 0.29) is 48.3 Å². The number of nitrogens with one attached hydrogen (secondary N) is 1. The molecule has 1 heterocycles. The molecule has 0 spiro atoms. The van der Waals surface area contributed by atoms with Crippen LogP contribution in [0.15, 0.2) is 0 Å². The fourth-order valence-corrected chi connectivity index (χ4v) is 3.31. The number of carbonyl (C=O) groups is 2. The van der Waals surface area contributed by atoms with Crippen LogP contribution < -0.4 is 5.32 Å². The van der Waals surface area contributed by atoms with E-state index in [1.807, 2.05) is 0 Å². The number of amides is 1. The lowest BCUT2D eigenvalue weighted by Gasteiger charge is -2.35. The van der Waals surface area contributed by atoms with Crippen molar-refractivity contribution >= 4 is 35.9 Å². The lowest BCUT2D eigenvalue weighted by molar-refractivity contribution is -0.144. The molecule has 0 bridgehead atoms. The molecule has 5 nitrogen and oxygen atoms in total. The molecule has 122 valence electrons. The zero-order chi connectivity index (χ0) is 14.4. The second-order valence-electron chi connectivity index (χ2n) is 5.77. The summed E-state index contributed by atoms with van der Waals surface area (Å²) < 4.78 is 4.80. The first-order valence-corrected chi connectivity index (χ1v) is 7.88. The first-order chi connectivity index (χ1) is 9.70. The standard InChI is InChI=1S/C15H26N2O3.HI/c1-2-20-14(18)11-16-15(19)12-7-9-17(10-8-12)13-5-3-4-6-13;/h12-13H,2-11H2,1H3,(H,16,19);1H. The molecular formula is C15H27IN2O3. The Morgan fingerprint density at radius 1 is 1.14 bits per heavy atom. The van der Waals surface area contributed by atoms with E-state index in [0.29, 0.717) is 6.61 Å². The highest BCUT2D eigenvalue weighted by molar-refractivity contribution is 14.0. The van der Waals surface area contributed by atoms with Gasteiger partial charge in [-0.2, -0.15) is 0 Å². The Hall–Kier alpha value is -0.370. The smallest absolute Gasteiger partial charge is 0.325 e. The molecule has 0 aromatic rings. The van der Waals surface area contributed by atoms with Gasteiger partial charge in [0.2, 0.25) is 5.91 Å². The minimum Gasteiger partial charge on any atom is -0.465 e. The van der Waals surface area contributed by atoms with Crippen molar-refractivity contribution in [2.24, 2.45) is 5.92 Å². The van der Waals surface area contributed by atoms with Gasteiger partial charge < -0.3 is 15.0 Å². The molecule has 2 fully saturated rings. The number of hydrogen-bond acceptors (Lipinski definition) is 4. The van der Waals surface area contributed by atoms with E-state index in [4.69, 9.17) is 4.74 Å². The Morgan fingerprint density at radius 3 is 2.33 bits per heavy atom. The number of carbonyl (C=O) groups excluding carboxylic acids is 2. The van der Waals surface area contributed by atoms with E-state index in [0.717, 1.165) is 32.0 Å². The van der Waals surface area contributed by atoms with E-state index in [1.54, 1.807) is 6.92 Å². The van der Waals surface area contributed by atoms with Crippen LogP contribution >= 0.6 is 24.0 Å². The number of esters is 1. The van der Waals surface area contributed by atoms with Gasteiger partial charge in [0.25, 0.3) is 0 Å². The lowest BCUT2D eigenvalue weighted by Crippen LogP contribution is -2.44. The Labute approximate surface area is 144 Å². The molecular weight excluding hydrogens is 383 g/mol. The van der Waals surface area contributed by atoms with Gasteiger partial charge in [0.05, 0.1) is 6.61 Å². The van der Waals surface area contributed by atoms with Crippen molar-refractivity contribution in [3.05, 3.63) is 0 Å². The third-order valence-electron chi connectivity index (χ3n) is 4.45. The van der Waals surface area contributed by atoms with Crippen LogP contribution in [0.25, 0.3) is 0 Å². The number of likely N-dealkylation sites (tertiary alicyclic amines) is 1. The van der Waals surface area contributed by atoms with E-state index >= 15 is 0 Å². The van der Waals surface area contributed by atoms with Gasteiger partial charge in [0, 0.05) is 12.0 Å². The van der Waals surface area contributed by atoms with E-state index < -0.39 is 0 Å². The molecule has 1 saturated heterocycles. The van der Waals surface area contributed by atoms with Gasteiger partial charge in [0.15, 0.2) is 0 Å². The van der Waals surface area contributed by atoms with Crippen molar-refractivity contribution < 1.29 is 14.3 Å². The lowest BCUT2D eigenvalue weighted by atomic mass is 9.94. The van der Waals surface area contributed by atoms with Gasteiger partial charge in [-0.3, -0.25) is 9.59 Å². The molecule has 0 unspecified atom stereocenters. The Morgan fingerprint density at radius 2 is 1.76 bits per heavy atom. The fraction of sp³-hybridized carbons (Fsp3) is 0.867. The normalized spacial score (nSPS) is 20.8. The molecule has 1 aliphatic heterocycles. The summed E-state index contributed by atoms with van der Waals surface area (Å²) in [5.41, 5.74) is 0. The maximum absolute atomic E-state index is 12.0. The zero-order valence-electron chi connectivity index (χ0n) is 12.8. The minimum absolute atomic E-state index is 0. The van der Waals surface area contributed by atoms with Crippen LogP contribution in [0.1, 0.15) is 45.4 Å². The molecule has 0 aromatic heterocycles. The van der Waals surface area contributed by atoms with Crippen LogP contribution in [-0.2, 0) is 14.3 Å². The number of hydrogen-bond donors (Lipinski definition) is 1. The van der Waals surface area contributed by atoms with Gasteiger partial charge >= 0.3 is 5.97 Å². The summed E-state index contributed by atoms with van der Waals surface area (Å²) in [6.45, 7) is 4.15. The summed E-state index contributed by atoms with van der Waals surface area (Å²) in [5.74, 6) is -0.296. The van der Waals surface area contributed by atoms with Crippen molar-refractivity contribution in [1.82, 2.24) is 10.2 Å². The summed E-state index contributed by atoms with van der Waals surface area (Å²) in [4.78, 5) is 25.8. The van der Waals surface area contributed by atoms with Gasteiger partial charge in [0.1, 0.15) is 6.54 Å². The molecule has 21 heavy (non-hydrogen) atoms. The quantitative estimate of drug-likeness (QED) is 0.556. The molecule has 1 N–H and O–H groups in total. The van der Waals surface area contributed by atoms with Gasteiger partial charge in [-0.15, -0.1) is 24.0 Å². The van der Waals surface area contributed by atoms with Crippen LogP contribution in [0.5, 0.6) is 0 Å². The molecule has 0 aromatic carbocycles. The average molecular weight is 410 g/mol. The fourth-order valence-electron chi connectivity index (χ4n) is 3.31. The minimum atomic E-state index is -0.357. The average Bonchev–Trinajstić information content (AvgIpc) is 2.99. The second-order valence-corrected chi connectivity index (χ2v) is 5.77. The van der Waals surface area contributed by atoms with Gasteiger partial charge in [-0.1, -0.05) is 12.8 Å². The molecule has 1 aliphatic carbocycles. The zero-order valence-corrected chi connectivity index (χ0v) is 15.1. The number of ether oxygens (including phenoxy) is 1. The van der Waals surface area contributed by atoms with Gasteiger partial charge in [-0.25, -0.2) is 0 Å².